The smallest absolute Gasteiger partial charge is 0.302 e. The van der Waals surface area contributed by atoms with Crippen LogP contribution in [-0.4, -0.2) is 23.8 Å². The Bertz CT molecular complexity index is 579. The molecule has 0 unspecified atom stereocenters. The lowest BCUT2D eigenvalue weighted by molar-refractivity contribution is 0.590. The van der Waals surface area contributed by atoms with E-state index in [4.69, 9.17) is 0 Å². The molecule has 6 nitrogen and oxygen atoms in total. The number of aromatic nitrogens is 2. The second-order valence-corrected chi connectivity index (χ2v) is 5.01. The number of sulfone groups is 1. The molecule has 1 heterocycles. The lowest BCUT2D eigenvalue weighted by Crippen LogP contribution is -2.39. The fourth-order valence-electron chi connectivity index (χ4n) is 1.03. The molecule has 0 fully saturated rings. The van der Waals surface area contributed by atoms with Crippen LogP contribution in [0.2, 0.25) is 0 Å². The molecule has 7 heteroatoms. The van der Waals surface area contributed by atoms with Gasteiger partial charge in [-0.1, -0.05) is 0 Å². The van der Waals surface area contributed by atoms with Crippen LogP contribution in [0.15, 0.2) is 20.7 Å². The van der Waals surface area contributed by atoms with Crippen LogP contribution in [-0.2, 0) is 23.9 Å². The summed E-state index contributed by atoms with van der Waals surface area (Å²) in [7, 11) is -0.967. The average Bonchev–Trinajstić information content (AvgIpc) is 2.06. The van der Waals surface area contributed by atoms with Crippen molar-refractivity contribution in [3.8, 4) is 0 Å². The van der Waals surface area contributed by atoms with Crippen molar-refractivity contribution in [2.24, 2.45) is 14.1 Å². The zero-order valence-corrected chi connectivity index (χ0v) is 8.83. The van der Waals surface area contributed by atoms with Gasteiger partial charge in [0.2, 0.25) is 0 Å². The van der Waals surface area contributed by atoms with Crippen LogP contribution in [0, 0.1) is 0 Å². The van der Waals surface area contributed by atoms with Gasteiger partial charge in [0.15, 0.2) is 9.84 Å². The van der Waals surface area contributed by atoms with Crippen LogP contribution in [0.4, 0.5) is 0 Å². The van der Waals surface area contributed by atoms with E-state index in [1.54, 1.807) is 0 Å². The highest BCUT2D eigenvalue weighted by atomic mass is 32.2. The van der Waals surface area contributed by atoms with E-state index < -0.39 is 21.1 Å². The molecule has 0 atom stereocenters. The standard InChI is InChI=1S/C7H10N2O4S/c1-8-4-5(14(3,12)13)6(10)9(2)7(8)11/h4H,1-3H3. The van der Waals surface area contributed by atoms with Crippen LogP contribution >= 0.6 is 0 Å². The third-order valence-corrected chi connectivity index (χ3v) is 2.89. The number of hydrogen-bond acceptors (Lipinski definition) is 4. The third kappa shape index (κ3) is 1.63. The Morgan fingerprint density at radius 3 is 2.14 bits per heavy atom. The van der Waals surface area contributed by atoms with Crippen LogP contribution < -0.4 is 11.2 Å². The van der Waals surface area contributed by atoms with Crippen molar-refractivity contribution in [2.45, 2.75) is 4.90 Å². The molecular weight excluding hydrogens is 208 g/mol. The van der Waals surface area contributed by atoms with Crippen molar-refractivity contribution in [3.05, 3.63) is 27.0 Å². The summed E-state index contributed by atoms with van der Waals surface area (Å²) in [5.74, 6) is 0. The Balaban J connectivity index is 3.85. The van der Waals surface area contributed by atoms with E-state index in [0.717, 1.165) is 21.6 Å². The molecule has 0 spiro atoms. The van der Waals surface area contributed by atoms with Crippen molar-refractivity contribution in [2.75, 3.05) is 6.26 Å². The molecule has 0 aliphatic rings. The van der Waals surface area contributed by atoms with E-state index in [0.29, 0.717) is 0 Å². The molecule has 0 saturated heterocycles. The molecule has 0 bridgehead atoms. The molecule has 1 aromatic rings. The van der Waals surface area contributed by atoms with Gasteiger partial charge in [-0.3, -0.25) is 9.36 Å². The quantitative estimate of drug-likeness (QED) is 0.574. The molecule has 0 N–H and O–H groups in total. The average molecular weight is 218 g/mol. The summed E-state index contributed by atoms with van der Waals surface area (Å²) in [5.41, 5.74) is -1.35. The Hall–Kier alpha value is -1.37. The first kappa shape index (κ1) is 10.7. The van der Waals surface area contributed by atoms with Crippen molar-refractivity contribution in [1.29, 1.82) is 0 Å². The zero-order valence-electron chi connectivity index (χ0n) is 8.01. The van der Waals surface area contributed by atoms with Gasteiger partial charge in [0, 0.05) is 26.5 Å². The highest BCUT2D eigenvalue weighted by Crippen LogP contribution is 1.97. The Morgan fingerprint density at radius 1 is 1.21 bits per heavy atom. The minimum atomic E-state index is -3.59. The van der Waals surface area contributed by atoms with Gasteiger partial charge in [-0.25, -0.2) is 13.2 Å². The number of rotatable bonds is 1. The second kappa shape index (κ2) is 3.09. The molecule has 0 aliphatic carbocycles. The minimum absolute atomic E-state index is 0.373. The summed E-state index contributed by atoms with van der Waals surface area (Å²) >= 11 is 0. The molecule has 0 radical (unpaired) electrons. The van der Waals surface area contributed by atoms with Crippen LogP contribution in [0.1, 0.15) is 0 Å². The first-order valence-electron chi connectivity index (χ1n) is 3.72. The van der Waals surface area contributed by atoms with E-state index in [9.17, 15) is 18.0 Å². The number of aryl methyl sites for hydroxylation is 1. The summed E-state index contributed by atoms with van der Waals surface area (Å²) in [6.07, 6.45) is 1.95. The van der Waals surface area contributed by atoms with Crippen LogP contribution in [0.25, 0.3) is 0 Å². The molecule has 0 aliphatic heterocycles. The van der Waals surface area contributed by atoms with Gasteiger partial charge in [-0.15, -0.1) is 0 Å². The molecule has 1 aromatic heterocycles. The van der Waals surface area contributed by atoms with Crippen molar-refractivity contribution in [3.63, 3.8) is 0 Å². The summed E-state index contributed by atoms with van der Waals surface area (Å²) in [6.45, 7) is 0. The monoisotopic (exact) mass is 218 g/mol. The van der Waals surface area contributed by atoms with Gasteiger partial charge in [0.1, 0.15) is 4.90 Å². The summed E-state index contributed by atoms with van der Waals surface area (Å²) < 4.78 is 24.1. The van der Waals surface area contributed by atoms with Crippen molar-refractivity contribution in [1.82, 2.24) is 9.13 Å². The van der Waals surface area contributed by atoms with E-state index in [-0.39, 0.29) is 4.90 Å². The lowest BCUT2D eigenvalue weighted by atomic mass is 10.6. The Morgan fingerprint density at radius 2 is 1.71 bits per heavy atom. The molecule has 78 valence electrons. The van der Waals surface area contributed by atoms with Gasteiger partial charge in [-0.2, -0.15) is 0 Å². The third-order valence-electron chi connectivity index (χ3n) is 1.81. The van der Waals surface area contributed by atoms with E-state index >= 15 is 0 Å². The summed E-state index contributed by atoms with van der Waals surface area (Å²) in [4.78, 5) is 22.2. The fraction of sp³-hybridized carbons (Fsp3) is 0.429. The maximum absolute atomic E-state index is 11.4. The topological polar surface area (TPSA) is 78.1 Å². The molecule has 0 saturated carbocycles. The van der Waals surface area contributed by atoms with E-state index in [1.807, 2.05) is 0 Å². The predicted molar refractivity (Wildman–Crippen MR) is 50.0 cm³/mol. The van der Waals surface area contributed by atoms with Gasteiger partial charge in [-0.05, 0) is 0 Å². The zero-order chi connectivity index (χ0) is 11.1. The number of hydrogen-bond donors (Lipinski definition) is 0. The minimum Gasteiger partial charge on any atom is -0.302 e. The normalized spacial score (nSPS) is 11.6. The summed E-state index contributed by atoms with van der Waals surface area (Å²) in [6, 6.07) is 0. The molecule has 0 amide bonds. The van der Waals surface area contributed by atoms with Crippen molar-refractivity contribution >= 4 is 9.84 Å². The molecular formula is C7H10N2O4S. The fourth-order valence-corrected chi connectivity index (χ4v) is 1.83. The Kier molecular flexibility index (Phi) is 2.36. The molecule has 14 heavy (non-hydrogen) atoms. The van der Waals surface area contributed by atoms with E-state index in [2.05, 4.69) is 0 Å². The summed E-state index contributed by atoms with van der Waals surface area (Å²) in [5, 5.41) is 0. The predicted octanol–water partition coefficient (Wildman–Crippen LogP) is -1.51. The van der Waals surface area contributed by atoms with Gasteiger partial charge in [0.05, 0.1) is 0 Å². The highest BCUT2D eigenvalue weighted by molar-refractivity contribution is 7.90. The van der Waals surface area contributed by atoms with Gasteiger partial charge >= 0.3 is 5.69 Å². The highest BCUT2D eigenvalue weighted by Gasteiger charge is 2.15. The van der Waals surface area contributed by atoms with Gasteiger partial charge < -0.3 is 4.57 Å². The lowest BCUT2D eigenvalue weighted by Gasteiger charge is -2.04. The Labute approximate surface area is 80.3 Å². The maximum atomic E-state index is 11.4. The SMILES string of the molecule is Cn1cc(S(C)(=O)=O)c(=O)n(C)c1=O. The largest absolute Gasteiger partial charge is 0.330 e. The second-order valence-electron chi connectivity index (χ2n) is 3.02. The molecule has 1 rings (SSSR count). The van der Waals surface area contributed by atoms with E-state index in [1.165, 1.54) is 14.1 Å². The first-order chi connectivity index (χ1) is 6.25. The first-order valence-corrected chi connectivity index (χ1v) is 5.61. The maximum Gasteiger partial charge on any atom is 0.330 e. The van der Waals surface area contributed by atoms with Crippen LogP contribution in [0.5, 0.6) is 0 Å². The van der Waals surface area contributed by atoms with Crippen molar-refractivity contribution < 1.29 is 8.42 Å². The van der Waals surface area contributed by atoms with Crippen LogP contribution in [0.3, 0.4) is 0 Å². The molecule has 0 aromatic carbocycles. The number of nitrogens with zero attached hydrogens (tertiary/aromatic N) is 2. The van der Waals surface area contributed by atoms with Gasteiger partial charge in [0.25, 0.3) is 5.56 Å².